The standard InChI is InChI=1S/C26H27F2NO2/c1-7-9-16(3)22(18(5)29-15-31-6)14-25(28)17(4)23-13-20(30)12-19-10-11-24(27)21(8-2)26(19)23/h2,10-14,30H,4,7,9,15H2,1,3,5-6H3/b22-16+,25-14+,29-18-. The number of benzene rings is 2. The van der Waals surface area contributed by atoms with Crippen molar-refractivity contribution < 1.29 is 18.6 Å². The number of aliphatic imine (C=N–C) groups is 1. The molecule has 0 unspecified atom stereocenters. The summed E-state index contributed by atoms with van der Waals surface area (Å²) in [6.45, 7) is 9.78. The van der Waals surface area contributed by atoms with Crippen LogP contribution in [0.3, 0.4) is 0 Å². The van der Waals surface area contributed by atoms with Gasteiger partial charge in [-0.1, -0.05) is 37.5 Å². The van der Waals surface area contributed by atoms with Gasteiger partial charge in [-0.25, -0.2) is 8.78 Å². The van der Waals surface area contributed by atoms with Crippen molar-refractivity contribution in [2.75, 3.05) is 13.8 Å². The maximum Gasteiger partial charge on any atom is 0.139 e. The lowest BCUT2D eigenvalue weighted by molar-refractivity contribution is 0.209. The second-order valence-electron chi connectivity index (χ2n) is 7.23. The van der Waals surface area contributed by atoms with E-state index in [1.807, 2.05) is 13.8 Å². The largest absolute Gasteiger partial charge is 0.508 e. The summed E-state index contributed by atoms with van der Waals surface area (Å²) in [5, 5.41) is 11.0. The maximum absolute atomic E-state index is 15.4. The van der Waals surface area contributed by atoms with E-state index in [0.717, 1.165) is 18.4 Å². The molecule has 0 aliphatic carbocycles. The minimum absolute atomic E-state index is 0.00258. The summed E-state index contributed by atoms with van der Waals surface area (Å²) in [5.74, 6) is 1.01. The van der Waals surface area contributed by atoms with Crippen LogP contribution < -0.4 is 0 Å². The van der Waals surface area contributed by atoms with Gasteiger partial charge in [0.25, 0.3) is 0 Å². The van der Waals surface area contributed by atoms with Gasteiger partial charge < -0.3 is 9.84 Å². The monoisotopic (exact) mass is 423 g/mol. The summed E-state index contributed by atoms with van der Waals surface area (Å²) in [6.07, 6.45) is 8.55. The number of nitrogens with zero attached hydrogens (tertiary/aromatic N) is 1. The Morgan fingerprint density at radius 2 is 2.03 bits per heavy atom. The number of hydrogen-bond donors (Lipinski definition) is 1. The minimum atomic E-state index is -0.628. The van der Waals surface area contributed by atoms with Crippen molar-refractivity contribution in [3.63, 3.8) is 0 Å². The Labute approximate surface area is 182 Å². The first-order valence-electron chi connectivity index (χ1n) is 9.93. The number of halogens is 2. The first-order valence-corrected chi connectivity index (χ1v) is 9.93. The van der Waals surface area contributed by atoms with Crippen molar-refractivity contribution in [1.82, 2.24) is 0 Å². The maximum atomic E-state index is 15.4. The van der Waals surface area contributed by atoms with Crippen LogP contribution in [0.4, 0.5) is 8.78 Å². The number of fused-ring (bicyclic) bond motifs is 1. The third kappa shape index (κ3) is 5.48. The van der Waals surface area contributed by atoms with Crippen LogP contribution in [0.25, 0.3) is 16.3 Å². The van der Waals surface area contributed by atoms with Crippen LogP contribution in [0.2, 0.25) is 0 Å². The Bertz CT molecular complexity index is 1130. The molecule has 0 aliphatic heterocycles. The summed E-state index contributed by atoms with van der Waals surface area (Å²) in [4.78, 5) is 4.31. The fourth-order valence-corrected chi connectivity index (χ4v) is 3.44. The zero-order valence-electron chi connectivity index (χ0n) is 18.4. The molecule has 0 heterocycles. The molecule has 0 saturated heterocycles. The smallest absolute Gasteiger partial charge is 0.139 e. The molecule has 2 aromatic carbocycles. The first-order chi connectivity index (χ1) is 14.7. The molecular formula is C26H27F2NO2. The van der Waals surface area contributed by atoms with Gasteiger partial charge in [0.15, 0.2) is 0 Å². The van der Waals surface area contributed by atoms with Gasteiger partial charge in [-0.15, -0.1) is 6.42 Å². The molecule has 31 heavy (non-hydrogen) atoms. The van der Waals surface area contributed by atoms with Gasteiger partial charge >= 0.3 is 0 Å². The summed E-state index contributed by atoms with van der Waals surface area (Å²) >= 11 is 0. The number of hydrogen-bond acceptors (Lipinski definition) is 3. The van der Waals surface area contributed by atoms with Crippen molar-refractivity contribution in [2.24, 2.45) is 4.99 Å². The molecule has 162 valence electrons. The number of methoxy groups -OCH3 is 1. The van der Waals surface area contributed by atoms with E-state index in [2.05, 4.69) is 17.5 Å². The van der Waals surface area contributed by atoms with E-state index in [1.165, 1.54) is 37.5 Å². The van der Waals surface area contributed by atoms with E-state index in [0.29, 0.717) is 22.1 Å². The fourth-order valence-electron chi connectivity index (χ4n) is 3.44. The Morgan fingerprint density at radius 3 is 2.65 bits per heavy atom. The van der Waals surface area contributed by atoms with Gasteiger partial charge in [-0.05, 0) is 61.1 Å². The molecule has 1 N–H and O–H groups in total. The molecule has 0 aliphatic rings. The molecule has 0 saturated carbocycles. The number of rotatable bonds is 8. The van der Waals surface area contributed by atoms with Gasteiger partial charge in [-0.3, -0.25) is 4.99 Å². The van der Waals surface area contributed by atoms with Crippen LogP contribution >= 0.6 is 0 Å². The number of allylic oxidation sites excluding steroid dienone is 5. The summed E-state index contributed by atoms with van der Waals surface area (Å²) in [5.41, 5.74) is 2.47. The topological polar surface area (TPSA) is 41.8 Å². The van der Waals surface area contributed by atoms with Gasteiger partial charge in [0, 0.05) is 23.8 Å². The molecule has 2 aromatic rings. The highest BCUT2D eigenvalue weighted by Gasteiger charge is 2.17. The van der Waals surface area contributed by atoms with Crippen molar-refractivity contribution in [3.8, 4) is 18.1 Å². The summed E-state index contributed by atoms with van der Waals surface area (Å²) in [6, 6.07) is 5.50. The minimum Gasteiger partial charge on any atom is -0.508 e. The normalized spacial score (nSPS) is 13.2. The molecule has 2 rings (SSSR count). The van der Waals surface area contributed by atoms with Crippen molar-refractivity contribution >= 4 is 22.1 Å². The van der Waals surface area contributed by atoms with Crippen molar-refractivity contribution in [2.45, 2.75) is 33.6 Å². The summed E-state index contributed by atoms with van der Waals surface area (Å²) < 4.78 is 34.7. The first kappa shape index (κ1) is 24.0. The van der Waals surface area contributed by atoms with E-state index in [4.69, 9.17) is 11.2 Å². The van der Waals surface area contributed by atoms with Crippen LogP contribution in [0, 0.1) is 18.2 Å². The van der Waals surface area contributed by atoms with E-state index in [1.54, 1.807) is 6.92 Å². The van der Waals surface area contributed by atoms with E-state index >= 15 is 4.39 Å². The van der Waals surface area contributed by atoms with Crippen LogP contribution in [0.15, 0.2) is 58.9 Å². The Balaban J connectivity index is 2.68. The quantitative estimate of drug-likeness (QED) is 0.291. The Morgan fingerprint density at radius 1 is 1.32 bits per heavy atom. The molecule has 0 radical (unpaired) electrons. The van der Waals surface area contributed by atoms with Crippen LogP contribution in [-0.4, -0.2) is 24.7 Å². The fraction of sp³-hybridized carbons (Fsp3) is 0.269. The SMILES string of the molecule is C#Cc1c(F)ccc2cc(O)cc(C(=C)\C(F)=C/C(C(/C)=N\COC)=C(/C)CCC)c12. The highest BCUT2D eigenvalue weighted by Crippen LogP contribution is 2.36. The zero-order valence-corrected chi connectivity index (χ0v) is 18.4. The number of phenolic OH excluding ortho intramolecular Hbond substituents is 1. The average Bonchev–Trinajstić information content (AvgIpc) is 2.74. The molecule has 0 bridgehead atoms. The van der Waals surface area contributed by atoms with E-state index in [-0.39, 0.29) is 29.2 Å². The average molecular weight is 424 g/mol. The highest BCUT2D eigenvalue weighted by atomic mass is 19.1. The molecule has 0 aromatic heterocycles. The lowest BCUT2D eigenvalue weighted by Gasteiger charge is -2.13. The molecule has 3 nitrogen and oxygen atoms in total. The van der Waals surface area contributed by atoms with Crippen molar-refractivity contribution in [3.05, 3.63) is 70.8 Å². The molecule has 0 amide bonds. The number of aromatic hydroxyl groups is 1. The Hall–Kier alpha value is -3.23. The molecular weight excluding hydrogens is 396 g/mol. The van der Waals surface area contributed by atoms with Crippen LogP contribution in [-0.2, 0) is 4.74 Å². The van der Waals surface area contributed by atoms with Gasteiger partial charge in [0.1, 0.15) is 24.1 Å². The second kappa shape index (κ2) is 10.7. The van der Waals surface area contributed by atoms with E-state index < -0.39 is 11.6 Å². The molecule has 0 spiro atoms. The second-order valence-corrected chi connectivity index (χ2v) is 7.23. The van der Waals surface area contributed by atoms with Gasteiger partial charge in [-0.2, -0.15) is 0 Å². The lowest BCUT2D eigenvalue weighted by atomic mass is 9.92. The summed E-state index contributed by atoms with van der Waals surface area (Å²) in [7, 11) is 1.53. The molecule has 5 heteroatoms. The van der Waals surface area contributed by atoms with Gasteiger partial charge in [0.2, 0.25) is 0 Å². The zero-order chi connectivity index (χ0) is 23.1. The third-order valence-electron chi connectivity index (χ3n) is 4.99. The molecule has 0 atom stereocenters. The van der Waals surface area contributed by atoms with Gasteiger partial charge in [0.05, 0.1) is 5.56 Å². The number of phenols is 1. The highest BCUT2D eigenvalue weighted by molar-refractivity contribution is 6.04. The molecule has 0 fully saturated rings. The van der Waals surface area contributed by atoms with E-state index in [9.17, 15) is 9.50 Å². The predicted molar refractivity (Wildman–Crippen MR) is 124 cm³/mol. The van der Waals surface area contributed by atoms with Crippen LogP contribution in [0.5, 0.6) is 5.75 Å². The third-order valence-corrected chi connectivity index (χ3v) is 4.99. The number of terminal acetylenes is 1. The van der Waals surface area contributed by atoms with Crippen molar-refractivity contribution in [1.29, 1.82) is 0 Å². The lowest BCUT2D eigenvalue weighted by Crippen LogP contribution is -2.02. The van der Waals surface area contributed by atoms with Crippen LogP contribution in [0.1, 0.15) is 44.7 Å². The predicted octanol–water partition coefficient (Wildman–Crippen LogP) is 6.71. The Kier molecular flexibility index (Phi) is 8.30. The number of ether oxygens (including phenoxy) is 1.